The zero-order valence-electron chi connectivity index (χ0n) is 22.8. The first-order valence-corrected chi connectivity index (χ1v) is 14.6. The first-order chi connectivity index (χ1) is 19.2. The second-order valence-electron chi connectivity index (χ2n) is 11.2. The predicted octanol–water partition coefficient (Wildman–Crippen LogP) is 9.27. The number of nitrogens with one attached hydrogen (secondary N) is 1. The summed E-state index contributed by atoms with van der Waals surface area (Å²) in [6.07, 6.45) is 4.67. The molecule has 0 spiro atoms. The van der Waals surface area contributed by atoms with Gasteiger partial charge in [0.1, 0.15) is 23.2 Å². The number of ether oxygens (including phenoxy) is 1. The molecule has 1 heterocycles. The number of hydrogen-bond donors (Lipinski definition) is 1. The van der Waals surface area contributed by atoms with Gasteiger partial charge < -0.3 is 10.1 Å². The van der Waals surface area contributed by atoms with Crippen LogP contribution in [0, 0.1) is 17.2 Å². The standard InChI is InChI=1S/C33H32ClFN2O2S/c1-33(2,3)23-8-17-28-29(18-23)40-32(30(28)31(38)37-26-13-9-24(34)10-14-26)36-19-21-6-15-27(16-7-21)39-20-22-4-11-25(35)12-5-22/h4-7,9-16,19,23H,8,17-18,20H2,1-3H3,(H,37,38)/t23-/m1/s1. The summed E-state index contributed by atoms with van der Waals surface area (Å²) < 4.78 is 19.0. The monoisotopic (exact) mass is 574 g/mol. The summed E-state index contributed by atoms with van der Waals surface area (Å²) in [6.45, 7) is 7.22. The summed E-state index contributed by atoms with van der Waals surface area (Å²) in [7, 11) is 0. The number of carbonyl (C=O) groups excluding carboxylic acids is 1. The van der Waals surface area contributed by atoms with Crippen molar-refractivity contribution in [3.05, 3.63) is 111 Å². The molecule has 3 aromatic carbocycles. The van der Waals surface area contributed by atoms with Crippen LogP contribution in [0.2, 0.25) is 5.02 Å². The molecule has 206 valence electrons. The average Bonchev–Trinajstić information content (AvgIpc) is 3.31. The van der Waals surface area contributed by atoms with Crippen LogP contribution in [0.25, 0.3) is 0 Å². The molecule has 1 aliphatic carbocycles. The van der Waals surface area contributed by atoms with Gasteiger partial charge in [-0.25, -0.2) is 9.38 Å². The van der Waals surface area contributed by atoms with E-state index in [2.05, 4.69) is 26.1 Å². The average molecular weight is 575 g/mol. The van der Waals surface area contributed by atoms with Gasteiger partial charge in [-0.3, -0.25) is 4.79 Å². The van der Waals surface area contributed by atoms with Crippen LogP contribution in [0.5, 0.6) is 5.75 Å². The zero-order valence-corrected chi connectivity index (χ0v) is 24.4. The van der Waals surface area contributed by atoms with Gasteiger partial charge in [0.05, 0.1) is 5.56 Å². The minimum atomic E-state index is -0.265. The summed E-state index contributed by atoms with van der Waals surface area (Å²) in [4.78, 5) is 19.6. The van der Waals surface area contributed by atoms with E-state index in [1.807, 2.05) is 24.3 Å². The molecule has 1 N–H and O–H groups in total. The number of anilines is 1. The number of hydrogen-bond acceptors (Lipinski definition) is 4. The van der Waals surface area contributed by atoms with Crippen LogP contribution in [0.3, 0.4) is 0 Å². The van der Waals surface area contributed by atoms with E-state index in [9.17, 15) is 9.18 Å². The fraction of sp³-hybridized carbons (Fsp3) is 0.273. The van der Waals surface area contributed by atoms with Crippen molar-refractivity contribution >= 4 is 45.7 Å². The fourth-order valence-corrected chi connectivity index (χ4v) is 6.29. The third-order valence-corrected chi connectivity index (χ3v) is 8.74. The molecule has 0 fully saturated rings. The lowest BCUT2D eigenvalue weighted by Crippen LogP contribution is -2.27. The van der Waals surface area contributed by atoms with Crippen molar-refractivity contribution in [1.29, 1.82) is 0 Å². The van der Waals surface area contributed by atoms with Crippen LogP contribution in [-0.2, 0) is 19.4 Å². The van der Waals surface area contributed by atoms with Gasteiger partial charge in [-0.1, -0.05) is 44.5 Å². The van der Waals surface area contributed by atoms with E-state index in [-0.39, 0.29) is 17.1 Å². The SMILES string of the molecule is CC(C)(C)[C@@H]1CCc2c(sc(N=Cc3ccc(OCc4ccc(F)cc4)cc3)c2C(=O)Nc2ccc(Cl)cc2)C1. The Labute approximate surface area is 243 Å². The molecule has 0 unspecified atom stereocenters. The summed E-state index contributed by atoms with van der Waals surface area (Å²) in [5.74, 6) is 0.860. The van der Waals surface area contributed by atoms with E-state index in [1.165, 1.54) is 17.0 Å². The quantitative estimate of drug-likeness (QED) is 0.224. The number of amides is 1. The highest BCUT2D eigenvalue weighted by Crippen LogP contribution is 2.45. The van der Waals surface area contributed by atoms with E-state index in [0.717, 1.165) is 41.0 Å². The molecule has 1 amide bonds. The molecule has 1 aliphatic rings. The normalized spacial score (nSPS) is 15.2. The molecule has 0 saturated carbocycles. The number of thiophene rings is 1. The third kappa shape index (κ3) is 6.80. The number of nitrogens with zero attached hydrogens (tertiary/aromatic N) is 1. The lowest BCUT2D eigenvalue weighted by atomic mass is 9.72. The largest absolute Gasteiger partial charge is 0.489 e. The van der Waals surface area contributed by atoms with Crippen LogP contribution in [0.4, 0.5) is 15.1 Å². The summed E-state index contributed by atoms with van der Waals surface area (Å²) in [5.41, 5.74) is 4.48. The Morgan fingerprint density at radius 1 is 1.07 bits per heavy atom. The van der Waals surface area contributed by atoms with Gasteiger partial charge in [0, 0.05) is 21.8 Å². The zero-order chi connectivity index (χ0) is 28.3. The molecule has 4 nitrogen and oxygen atoms in total. The van der Waals surface area contributed by atoms with E-state index in [0.29, 0.717) is 34.5 Å². The van der Waals surface area contributed by atoms with Crippen LogP contribution < -0.4 is 10.1 Å². The first kappa shape index (κ1) is 28.1. The van der Waals surface area contributed by atoms with Crippen molar-refractivity contribution in [2.24, 2.45) is 16.3 Å². The number of aliphatic imine (C=N–C) groups is 1. The maximum Gasteiger partial charge on any atom is 0.259 e. The minimum absolute atomic E-state index is 0.147. The molecular formula is C33H32ClFN2O2S. The van der Waals surface area contributed by atoms with Crippen LogP contribution >= 0.6 is 22.9 Å². The van der Waals surface area contributed by atoms with E-state index < -0.39 is 0 Å². The second-order valence-corrected chi connectivity index (χ2v) is 12.7. The molecule has 5 rings (SSSR count). The number of rotatable bonds is 7. The molecule has 0 saturated heterocycles. The van der Waals surface area contributed by atoms with Crippen molar-refractivity contribution in [3.63, 3.8) is 0 Å². The topological polar surface area (TPSA) is 50.7 Å². The van der Waals surface area contributed by atoms with E-state index in [4.69, 9.17) is 21.3 Å². The second kappa shape index (κ2) is 11.9. The lowest BCUT2D eigenvalue weighted by Gasteiger charge is -2.33. The van der Waals surface area contributed by atoms with Crippen molar-refractivity contribution < 1.29 is 13.9 Å². The van der Waals surface area contributed by atoms with Crippen LogP contribution in [0.15, 0.2) is 77.8 Å². The summed E-state index contributed by atoms with van der Waals surface area (Å²) in [5, 5.41) is 4.38. The maximum absolute atomic E-state index is 13.5. The Hall–Kier alpha value is -3.48. The fourth-order valence-electron chi connectivity index (χ4n) is 4.89. The Bertz CT molecular complexity index is 1500. The summed E-state index contributed by atoms with van der Waals surface area (Å²) >= 11 is 7.65. The van der Waals surface area contributed by atoms with Gasteiger partial charge in [0.25, 0.3) is 5.91 Å². The van der Waals surface area contributed by atoms with Gasteiger partial charge in [-0.05, 0) is 108 Å². The molecule has 40 heavy (non-hydrogen) atoms. The number of fused-ring (bicyclic) bond motifs is 1. The van der Waals surface area contributed by atoms with Gasteiger partial charge in [0.15, 0.2) is 0 Å². The Kier molecular flexibility index (Phi) is 8.38. The molecule has 1 aromatic heterocycles. The smallest absolute Gasteiger partial charge is 0.259 e. The van der Waals surface area contributed by atoms with Crippen molar-refractivity contribution in [2.75, 3.05) is 5.32 Å². The van der Waals surface area contributed by atoms with Crippen molar-refractivity contribution in [2.45, 2.75) is 46.6 Å². The first-order valence-electron chi connectivity index (χ1n) is 13.4. The molecule has 1 atom stereocenters. The third-order valence-electron chi connectivity index (χ3n) is 7.33. The van der Waals surface area contributed by atoms with E-state index in [1.54, 1.807) is 53.9 Å². The van der Waals surface area contributed by atoms with E-state index >= 15 is 0 Å². The van der Waals surface area contributed by atoms with Crippen LogP contribution in [-0.4, -0.2) is 12.1 Å². The Morgan fingerprint density at radius 3 is 2.45 bits per heavy atom. The van der Waals surface area contributed by atoms with Crippen LogP contribution in [0.1, 0.15) is 59.1 Å². The molecule has 0 radical (unpaired) electrons. The van der Waals surface area contributed by atoms with Gasteiger partial charge in [0.2, 0.25) is 0 Å². The molecule has 0 aliphatic heterocycles. The highest BCUT2D eigenvalue weighted by molar-refractivity contribution is 7.16. The van der Waals surface area contributed by atoms with Gasteiger partial charge >= 0.3 is 0 Å². The van der Waals surface area contributed by atoms with Gasteiger partial charge in [-0.2, -0.15) is 0 Å². The minimum Gasteiger partial charge on any atom is -0.489 e. The maximum atomic E-state index is 13.5. The summed E-state index contributed by atoms with van der Waals surface area (Å²) in [6, 6.07) is 21.0. The van der Waals surface area contributed by atoms with Crippen molar-refractivity contribution in [3.8, 4) is 5.75 Å². The molecule has 7 heteroatoms. The van der Waals surface area contributed by atoms with Gasteiger partial charge in [-0.15, -0.1) is 11.3 Å². The predicted molar refractivity (Wildman–Crippen MR) is 163 cm³/mol. The number of carbonyl (C=O) groups is 1. The lowest BCUT2D eigenvalue weighted by molar-refractivity contribution is 0.102. The van der Waals surface area contributed by atoms with Crippen molar-refractivity contribution in [1.82, 2.24) is 0 Å². The number of benzene rings is 3. The number of halogens is 2. The Morgan fingerprint density at radius 2 is 1.77 bits per heavy atom. The highest BCUT2D eigenvalue weighted by atomic mass is 35.5. The molecule has 4 aromatic rings. The highest BCUT2D eigenvalue weighted by Gasteiger charge is 2.33. The Balaban J connectivity index is 1.36. The molecular weight excluding hydrogens is 543 g/mol. The molecule has 0 bridgehead atoms.